The second kappa shape index (κ2) is 12.5. The number of pyridine rings is 1. The van der Waals surface area contributed by atoms with Crippen molar-refractivity contribution in [2.75, 3.05) is 26.2 Å². The number of hydrogen-bond donors (Lipinski definition) is 2. The fourth-order valence-corrected chi connectivity index (χ4v) is 4.16. The number of rotatable bonds is 11. The lowest BCUT2D eigenvalue weighted by Gasteiger charge is -2.32. The SMILES string of the molecule is O=C(CCc1cccnc1)NCCC1CCN(CCCC(O)c2ccccc2)CC1. The Labute approximate surface area is 180 Å². The number of carbonyl (C=O) groups is 1. The Kier molecular flexibility index (Phi) is 9.32. The average molecular weight is 410 g/mol. The molecule has 3 rings (SSSR count). The van der Waals surface area contributed by atoms with Crippen molar-refractivity contribution < 1.29 is 9.90 Å². The van der Waals surface area contributed by atoms with Gasteiger partial charge >= 0.3 is 0 Å². The number of aliphatic hydroxyl groups excluding tert-OH is 1. The molecule has 1 aliphatic rings. The molecule has 2 N–H and O–H groups in total. The van der Waals surface area contributed by atoms with E-state index < -0.39 is 0 Å². The number of hydrogen-bond acceptors (Lipinski definition) is 4. The Morgan fingerprint density at radius 2 is 1.97 bits per heavy atom. The van der Waals surface area contributed by atoms with Crippen LogP contribution in [0.4, 0.5) is 0 Å². The van der Waals surface area contributed by atoms with Crippen LogP contribution >= 0.6 is 0 Å². The number of aliphatic hydroxyl groups is 1. The smallest absolute Gasteiger partial charge is 0.220 e. The summed E-state index contributed by atoms with van der Waals surface area (Å²) in [5.41, 5.74) is 2.12. The Bertz CT molecular complexity index is 731. The largest absolute Gasteiger partial charge is 0.388 e. The molecule has 1 atom stereocenters. The molecule has 0 spiro atoms. The zero-order valence-corrected chi connectivity index (χ0v) is 17.9. The molecule has 2 aromatic rings. The third kappa shape index (κ3) is 7.88. The van der Waals surface area contributed by atoms with Gasteiger partial charge in [0.25, 0.3) is 0 Å². The topological polar surface area (TPSA) is 65.5 Å². The molecular weight excluding hydrogens is 374 g/mol. The van der Waals surface area contributed by atoms with Crippen LogP contribution in [0.25, 0.3) is 0 Å². The van der Waals surface area contributed by atoms with E-state index in [1.165, 1.54) is 12.8 Å². The van der Waals surface area contributed by atoms with Crippen LogP contribution in [0.5, 0.6) is 0 Å². The summed E-state index contributed by atoms with van der Waals surface area (Å²) in [6.45, 7) is 4.09. The molecule has 5 nitrogen and oxygen atoms in total. The molecule has 0 bridgehead atoms. The fourth-order valence-electron chi connectivity index (χ4n) is 4.16. The van der Waals surface area contributed by atoms with E-state index in [1.807, 2.05) is 48.7 Å². The van der Waals surface area contributed by atoms with E-state index >= 15 is 0 Å². The quantitative estimate of drug-likeness (QED) is 0.593. The van der Waals surface area contributed by atoms with Gasteiger partial charge in [-0.05, 0) is 81.3 Å². The highest BCUT2D eigenvalue weighted by molar-refractivity contribution is 5.76. The molecule has 2 heterocycles. The van der Waals surface area contributed by atoms with Gasteiger partial charge in [-0.1, -0.05) is 36.4 Å². The maximum absolute atomic E-state index is 12.0. The normalized spacial score (nSPS) is 16.3. The molecule has 162 valence electrons. The van der Waals surface area contributed by atoms with Crippen molar-refractivity contribution in [3.05, 3.63) is 66.0 Å². The molecule has 1 fully saturated rings. The van der Waals surface area contributed by atoms with Crippen LogP contribution in [0.3, 0.4) is 0 Å². The van der Waals surface area contributed by atoms with Gasteiger partial charge in [-0.25, -0.2) is 0 Å². The molecule has 1 saturated heterocycles. The second-order valence-electron chi connectivity index (χ2n) is 8.35. The Hall–Kier alpha value is -2.24. The van der Waals surface area contributed by atoms with E-state index in [2.05, 4.69) is 15.2 Å². The van der Waals surface area contributed by atoms with Gasteiger partial charge in [-0.2, -0.15) is 0 Å². The molecular formula is C25H35N3O2. The zero-order chi connectivity index (χ0) is 21.0. The summed E-state index contributed by atoms with van der Waals surface area (Å²) in [6, 6.07) is 13.8. The van der Waals surface area contributed by atoms with Crippen molar-refractivity contribution in [2.45, 2.75) is 51.0 Å². The number of piperidine rings is 1. The molecule has 0 radical (unpaired) electrons. The van der Waals surface area contributed by atoms with Crippen LogP contribution in [-0.4, -0.2) is 47.1 Å². The van der Waals surface area contributed by atoms with E-state index in [9.17, 15) is 9.90 Å². The number of benzene rings is 1. The molecule has 0 saturated carbocycles. The summed E-state index contributed by atoms with van der Waals surface area (Å²) < 4.78 is 0. The molecule has 1 aliphatic heterocycles. The van der Waals surface area contributed by atoms with Gasteiger partial charge in [0.1, 0.15) is 0 Å². The highest BCUT2D eigenvalue weighted by atomic mass is 16.3. The summed E-state index contributed by atoms with van der Waals surface area (Å²) in [6.07, 6.45) is 9.80. The van der Waals surface area contributed by atoms with Crippen molar-refractivity contribution in [1.82, 2.24) is 15.2 Å². The second-order valence-corrected chi connectivity index (χ2v) is 8.35. The lowest BCUT2D eigenvalue weighted by Crippen LogP contribution is -2.36. The third-order valence-electron chi connectivity index (χ3n) is 6.08. The summed E-state index contributed by atoms with van der Waals surface area (Å²) in [5, 5.41) is 13.4. The molecule has 1 aromatic heterocycles. The van der Waals surface area contributed by atoms with Crippen molar-refractivity contribution in [3.8, 4) is 0 Å². The highest BCUT2D eigenvalue weighted by Crippen LogP contribution is 2.22. The van der Waals surface area contributed by atoms with Crippen molar-refractivity contribution in [1.29, 1.82) is 0 Å². The molecule has 1 aromatic carbocycles. The van der Waals surface area contributed by atoms with Gasteiger partial charge < -0.3 is 15.3 Å². The minimum Gasteiger partial charge on any atom is -0.388 e. The predicted octanol–water partition coefficient (Wildman–Crippen LogP) is 3.75. The van der Waals surface area contributed by atoms with Gasteiger partial charge in [0, 0.05) is 25.4 Å². The molecule has 1 amide bonds. The van der Waals surface area contributed by atoms with Crippen LogP contribution in [0.15, 0.2) is 54.9 Å². The number of amides is 1. The van der Waals surface area contributed by atoms with E-state index in [4.69, 9.17) is 0 Å². The molecule has 0 aliphatic carbocycles. The fraction of sp³-hybridized carbons (Fsp3) is 0.520. The van der Waals surface area contributed by atoms with Gasteiger partial charge in [0.05, 0.1) is 6.10 Å². The Balaban J connectivity index is 1.22. The summed E-state index contributed by atoms with van der Waals surface area (Å²) in [4.78, 5) is 18.6. The third-order valence-corrected chi connectivity index (χ3v) is 6.08. The molecule has 30 heavy (non-hydrogen) atoms. The summed E-state index contributed by atoms with van der Waals surface area (Å²) in [7, 11) is 0. The average Bonchev–Trinajstić information content (AvgIpc) is 2.80. The van der Waals surface area contributed by atoms with E-state index in [0.717, 1.165) is 63.0 Å². The molecule has 1 unspecified atom stereocenters. The minimum atomic E-state index is -0.356. The summed E-state index contributed by atoms with van der Waals surface area (Å²) >= 11 is 0. The number of nitrogens with zero attached hydrogens (tertiary/aromatic N) is 2. The molecule has 5 heteroatoms. The van der Waals surface area contributed by atoms with Crippen LogP contribution in [-0.2, 0) is 11.2 Å². The van der Waals surface area contributed by atoms with Crippen molar-refractivity contribution >= 4 is 5.91 Å². The predicted molar refractivity (Wildman–Crippen MR) is 120 cm³/mol. The number of aryl methyl sites for hydroxylation is 1. The lowest BCUT2D eigenvalue weighted by molar-refractivity contribution is -0.121. The van der Waals surface area contributed by atoms with Crippen LogP contribution < -0.4 is 5.32 Å². The first-order chi connectivity index (χ1) is 14.7. The Morgan fingerprint density at radius 1 is 1.17 bits per heavy atom. The lowest BCUT2D eigenvalue weighted by atomic mass is 9.93. The van der Waals surface area contributed by atoms with E-state index in [1.54, 1.807) is 6.20 Å². The highest BCUT2D eigenvalue weighted by Gasteiger charge is 2.19. The maximum atomic E-state index is 12.0. The van der Waals surface area contributed by atoms with Crippen molar-refractivity contribution in [2.24, 2.45) is 5.92 Å². The van der Waals surface area contributed by atoms with Crippen LogP contribution in [0.2, 0.25) is 0 Å². The number of carbonyl (C=O) groups excluding carboxylic acids is 1. The monoisotopic (exact) mass is 409 g/mol. The van der Waals surface area contributed by atoms with Crippen molar-refractivity contribution in [3.63, 3.8) is 0 Å². The Morgan fingerprint density at radius 3 is 2.70 bits per heavy atom. The van der Waals surface area contributed by atoms with Crippen LogP contribution in [0, 0.1) is 5.92 Å². The maximum Gasteiger partial charge on any atom is 0.220 e. The first kappa shape index (κ1) is 22.4. The van der Waals surface area contributed by atoms with Crippen LogP contribution in [0.1, 0.15) is 55.8 Å². The van der Waals surface area contributed by atoms with Gasteiger partial charge in [-0.15, -0.1) is 0 Å². The van der Waals surface area contributed by atoms with E-state index in [-0.39, 0.29) is 12.0 Å². The number of nitrogens with one attached hydrogen (secondary N) is 1. The standard InChI is InChI=1S/C25H35N3O2/c29-24(23-7-2-1-3-8-23)9-5-17-28-18-13-21(14-19-28)12-16-27-25(30)11-10-22-6-4-15-26-20-22/h1-4,6-8,15,20-21,24,29H,5,9-14,16-19H2,(H,27,30). The van der Waals surface area contributed by atoms with Gasteiger partial charge in [0.2, 0.25) is 5.91 Å². The number of aromatic nitrogens is 1. The van der Waals surface area contributed by atoms with Gasteiger partial charge in [0.15, 0.2) is 0 Å². The van der Waals surface area contributed by atoms with E-state index in [0.29, 0.717) is 12.3 Å². The van der Waals surface area contributed by atoms with Gasteiger partial charge in [-0.3, -0.25) is 9.78 Å². The minimum absolute atomic E-state index is 0.133. The zero-order valence-electron chi connectivity index (χ0n) is 17.9. The number of likely N-dealkylation sites (tertiary alicyclic amines) is 1. The first-order valence-corrected chi connectivity index (χ1v) is 11.3. The summed E-state index contributed by atoms with van der Waals surface area (Å²) in [5.74, 6) is 0.836. The first-order valence-electron chi connectivity index (χ1n) is 11.3.